The Morgan fingerprint density at radius 3 is 2.41 bits per heavy atom. The lowest BCUT2D eigenvalue weighted by molar-refractivity contribution is -0.137. The van der Waals surface area contributed by atoms with Crippen molar-refractivity contribution < 1.29 is 27.0 Å². The summed E-state index contributed by atoms with van der Waals surface area (Å²) in [5, 5.41) is 7.11. The highest BCUT2D eigenvalue weighted by atomic mass is 35.5. The van der Waals surface area contributed by atoms with Crippen LogP contribution in [0.25, 0.3) is 22.3 Å². The van der Waals surface area contributed by atoms with Gasteiger partial charge in [0.2, 0.25) is 5.95 Å². The summed E-state index contributed by atoms with van der Waals surface area (Å²) in [5.74, 6) is 0.311. The van der Waals surface area contributed by atoms with Gasteiger partial charge in [-0.15, -0.1) is 0 Å². The first-order chi connectivity index (χ1) is 18.7. The highest BCUT2D eigenvalue weighted by Crippen LogP contribution is 2.38. The average molecular weight is 558 g/mol. The van der Waals surface area contributed by atoms with Crippen molar-refractivity contribution in [2.24, 2.45) is 0 Å². The van der Waals surface area contributed by atoms with Gasteiger partial charge in [-0.2, -0.15) is 18.3 Å². The zero-order chi connectivity index (χ0) is 27.7. The van der Waals surface area contributed by atoms with Crippen LogP contribution >= 0.6 is 11.6 Å². The molecule has 5 rings (SSSR count). The number of hydrogen-bond donors (Lipinski definition) is 1. The Morgan fingerprint density at radius 2 is 1.74 bits per heavy atom. The van der Waals surface area contributed by atoms with E-state index >= 15 is 4.39 Å². The third-order valence-corrected chi connectivity index (χ3v) is 6.27. The van der Waals surface area contributed by atoms with Crippen LogP contribution in [0.1, 0.15) is 11.1 Å². The van der Waals surface area contributed by atoms with E-state index in [1.807, 2.05) is 24.3 Å². The molecule has 3 aromatic carbocycles. The van der Waals surface area contributed by atoms with Crippen LogP contribution in [-0.4, -0.2) is 34.0 Å². The van der Waals surface area contributed by atoms with Crippen molar-refractivity contribution in [1.82, 2.24) is 19.7 Å². The van der Waals surface area contributed by atoms with E-state index in [9.17, 15) is 13.2 Å². The minimum atomic E-state index is -4.55. The Balaban J connectivity index is 1.64. The predicted octanol–water partition coefficient (Wildman–Crippen LogP) is 7.11. The second-order valence-corrected chi connectivity index (χ2v) is 8.82. The van der Waals surface area contributed by atoms with Gasteiger partial charge in [-0.05, 0) is 48.0 Å². The highest BCUT2D eigenvalue weighted by Gasteiger charge is 2.31. The van der Waals surface area contributed by atoms with E-state index in [1.165, 1.54) is 31.5 Å². The number of aromatic nitrogens is 4. The van der Waals surface area contributed by atoms with Gasteiger partial charge in [-0.3, -0.25) is 4.68 Å². The fourth-order valence-electron chi connectivity index (χ4n) is 4.07. The molecule has 0 saturated carbocycles. The molecule has 0 radical (unpaired) electrons. The largest absolute Gasteiger partial charge is 0.497 e. The molecule has 0 aliphatic carbocycles. The number of anilines is 2. The van der Waals surface area contributed by atoms with Crippen LogP contribution < -0.4 is 14.8 Å². The highest BCUT2D eigenvalue weighted by molar-refractivity contribution is 6.33. The van der Waals surface area contributed by atoms with E-state index in [-0.39, 0.29) is 33.7 Å². The van der Waals surface area contributed by atoms with E-state index < -0.39 is 17.6 Å². The van der Waals surface area contributed by atoms with Gasteiger partial charge in [-0.25, -0.2) is 14.4 Å². The zero-order valence-electron chi connectivity index (χ0n) is 20.6. The van der Waals surface area contributed by atoms with Crippen LogP contribution in [0.2, 0.25) is 5.02 Å². The molecule has 2 aromatic heterocycles. The first kappa shape index (κ1) is 26.2. The van der Waals surface area contributed by atoms with E-state index in [2.05, 4.69) is 20.4 Å². The van der Waals surface area contributed by atoms with Gasteiger partial charge in [0.25, 0.3) is 0 Å². The lowest BCUT2D eigenvalue weighted by Crippen LogP contribution is -2.07. The lowest BCUT2D eigenvalue weighted by atomic mass is 10.1. The Kier molecular flexibility index (Phi) is 7.00. The van der Waals surface area contributed by atoms with Gasteiger partial charge in [0, 0.05) is 0 Å². The Bertz CT molecular complexity index is 1660. The number of benzene rings is 3. The van der Waals surface area contributed by atoms with Crippen molar-refractivity contribution in [1.29, 1.82) is 0 Å². The standard InChI is InChI=1S/C27H20ClF4N5O2/c1-38-17-9-6-15(7-10-17)14-37-25-21(13-33-37)35-26(34-20-11-8-16(12-18(20)28)27(30,31)32)36-24(25)23-19(29)4-3-5-22(23)39-2/h3-13H,14H2,1-2H3,(H,34,35,36). The van der Waals surface area contributed by atoms with Crippen LogP contribution in [-0.2, 0) is 12.7 Å². The van der Waals surface area contributed by atoms with E-state index in [1.54, 1.807) is 17.9 Å². The van der Waals surface area contributed by atoms with Gasteiger partial charge < -0.3 is 14.8 Å². The lowest BCUT2D eigenvalue weighted by Gasteiger charge is -2.15. The van der Waals surface area contributed by atoms with Crippen molar-refractivity contribution in [3.05, 3.63) is 88.8 Å². The normalized spacial score (nSPS) is 11.6. The summed E-state index contributed by atoms with van der Waals surface area (Å²) in [7, 11) is 2.98. The molecule has 0 aliphatic heterocycles. The molecule has 0 aliphatic rings. The number of fused-ring (bicyclic) bond motifs is 1. The maximum absolute atomic E-state index is 15.2. The summed E-state index contributed by atoms with van der Waals surface area (Å²) in [6.07, 6.45) is -3.05. The number of rotatable bonds is 7. The van der Waals surface area contributed by atoms with Crippen molar-refractivity contribution in [2.75, 3.05) is 19.5 Å². The molecule has 0 bridgehead atoms. The third kappa shape index (κ3) is 5.30. The molecule has 0 atom stereocenters. The van der Waals surface area contributed by atoms with Crippen LogP contribution in [0.5, 0.6) is 11.5 Å². The van der Waals surface area contributed by atoms with Crippen molar-refractivity contribution >= 4 is 34.3 Å². The molecule has 0 amide bonds. The zero-order valence-corrected chi connectivity index (χ0v) is 21.3. The molecule has 0 saturated heterocycles. The van der Waals surface area contributed by atoms with Crippen LogP contribution in [0.4, 0.5) is 29.2 Å². The van der Waals surface area contributed by atoms with Crippen molar-refractivity contribution in [3.63, 3.8) is 0 Å². The molecule has 0 unspecified atom stereocenters. The first-order valence-electron chi connectivity index (χ1n) is 11.5. The van der Waals surface area contributed by atoms with Crippen molar-refractivity contribution in [2.45, 2.75) is 12.7 Å². The molecule has 5 aromatic rings. The van der Waals surface area contributed by atoms with Crippen LogP contribution in [0, 0.1) is 5.82 Å². The van der Waals surface area contributed by atoms with Crippen LogP contribution in [0.15, 0.2) is 66.9 Å². The maximum Gasteiger partial charge on any atom is 0.416 e. The number of ether oxygens (including phenoxy) is 2. The molecular formula is C27H20ClF4N5O2. The number of nitrogens with zero attached hydrogens (tertiary/aromatic N) is 4. The summed E-state index contributed by atoms with van der Waals surface area (Å²) in [6, 6.07) is 14.6. The molecule has 7 nitrogen and oxygen atoms in total. The van der Waals surface area contributed by atoms with Gasteiger partial charge in [0.05, 0.1) is 48.8 Å². The van der Waals surface area contributed by atoms with E-state index in [4.69, 9.17) is 21.1 Å². The second-order valence-electron chi connectivity index (χ2n) is 8.41. The SMILES string of the molecule is COc1ccc(Cn2ncc3nc(Nc4ccc(C(F)(F)F)cc4Cl)nc(-c4c(F)cccc4OC)c32)cc1. The fourth-order valence-corrected chi connectivity index (χ4v) is 4.30. The number of nitrogens with one attached hydrogen (secondary N) is 1. The third-order valence-electron chi connectivity index (χ3n) is 5.95. The van der Waals surface area contributed by atoms with Gasteiger partial charge >= 0.3 is 6.18 Å². The topological polar surface area (TPSA) is 74.1 Å². The Morgan fingerprint density at radius 1 is 0.974 bits per heavy atom. The molecule has 0 fully saturated rings. The summed E-state index contributed by atoms with van der Waals surface area (Å²) < 4.78 is 66.8. The van der Waals surface area contributed by atoms with Gasteiger partial charge in [0.15, 0.2) is 0 Å². The minimum Gasteiger partial charge on any atom is -0.497 e. The molecule has 12 heteroatoms. The molecule has 0 spiro atoms. The van der Waals surface area contributed by atoms with E-state index in [0.29, 0.717) is 23.3 Å². The summed E-state index contributed by atoms with van der Waals surface area (Å²) in [6.45, 7) is 0.318. The number of hydrogen-bond acceptors (Lipinski definition) is 6. The molecule has 200 valence electrons. The molecule has 39 heavy (non-hydrogen) atoms. The predicted molar refractivity (Wildman–Crippen MR) is 139 cm³/mol. The monoisotopic (exact) mass is 557 g/mol. The first-order valence-corrected chi connectivity index (χ1v) is 11.9. The van der Waals surface area contributed by atoms with Crippen molar-refractivity contribution in [3.8, 4) is 22.8 Å². The second kappa shape index (κ2) is 10.4. The fraction of sp³-hybridized carbons (Fsp3) is 0.148. The molecular weight excluding hydrogens is 538 g/mol. The molecule has 1 N–H and O–H groups in total. The number of methoxy groups -OCH3 is 2. The smallest absolute Gasteiger partial charge is 0.416 e. The summed E-state index contributed by atoms with van der Waals surface area (Å²) >= 11 is 6.13. The van der Waals surface area contributed by atoms with Gasteiger partial charge in [-0.1, -0.05) is 29.8 Å². The maximum atomic E-state index is 15.2. The number of alkyl halides is 3. The van der Waals surface area contributed by atoms with Crippen LogP contribution in [0.3, 0.4) is 0 Å². The van der Waals surface area contributed by atoms with E-state index in [0.717, 1.165) is 17.7 Å². The Labute approximate surface area is 225 Å². The number of halogens is 5. The minimum absolute atomic E-state index is 0.0199. The quantitative estimate of drug-likeness (QED) is 0.215. The summed E-state index contributed by atoms with van der Waals surface area (Å²) in [5.41, 5.74) is 1.18. The molecule has 2 heterocycles. The summed E-state index contributed by atoms with van der Waals surface area (Å²) in [4.78, 5) is 9.02. The Hall–Kier alpha value is -4.38. The average Bonchev–Trinajstić information content (AvgIpc) is 3.31. The van der Waals surface area contributed by atoms with Gasteiger partial charge in [0.1, 0.15) is 34.0 Å².